The van der Waals surface area contributed by atoms with Crippen molar-refractivity contribution >= 4 is 35.0 Å². The maximum Gasteiger partial charge on any atom is 0.234 e. The molecule has 2 N–H and O–H groups in total. The maximum absolute atomic E-state index is 12.5. The van der Waals surface area contributed by atoms with E-state index in [2.05, 4.69) is 26.9 Å². The predicted octanol–water partition coefficient (Wildman–Crippen LogP) is 3.91. The number of nitrogens with zero attached hydrogens (tertiary/aromatic N) is 3. The molecule has 0 saturated heterocycles. The largest absolute Gasteiger partial charge is 0.325 e. The Kier molecular flexibility index (Phi) is 7.46. The summed E-state index contributed by atoms with van der Waals surface area (Å²) in [4.78, 5) is 24.8. The number of benzene rings is 2. The minimum atomic E-state index is -0.152. The number of carbonyl (C=O) groups is 2. The van der Waals surface area contributed by atoms with Crippen molar-refractivity contribution in [3.8, 4) is 0 Å². The number of para-hydroxylation sites is 1. The van der Waals surface area contributed by atoms with E-state index in [4.69, 9.17) is 0 Å². The van der Waals surface area contributed by atoms with E-state index in [1.54, 1.807) is 11.6 Å². The molecule has 7 nitrogen and oxygen atoms in total. The van der Waals surface area contributed by atoms with Gasteiger partial charge in [-0.2, -0.15) is 0 Å². The summed E-state index contributed by atoms with van der Waals surface area (Å²) in [5.74, 6) is 0.479. The number of carbonyl (C=O) groups excluding carboxylic acids is 2. The van der Waals surface area contributed by atoms with E-state index in [9.17, 15) is 9.59 Å². The van der Waals surface area contributed by atoms with Gasteiger partial charge < -0.3 is 15.2 Å². The molecule has 0 atom stereocenters. The molecule has 0 aliphatic carbocycles. The lowest BCUT2D eigenvalue weighted by molar-refractivity contribution is -0.116. The van der Waals surface area contributed by atoms with Gasteiger partial charge >= 0.3 is 0 Å². The smallest absolute Gasteiger partial charge is 0.234 e. The molecule has 1 aromatic heterocycles. The third kappa shape index (κ3) is 6.18. The molecule has 0 unspecified atom stereocenters. The van der Waals surface area contributed by atoms with Gasteiger partial charge in [0.2, 0.25) is 11.8 Å². The van der Waals surface area contributed by atoms with E-state index in [1.165, 1.54) is 11.8 Å². The van der Waals surface area contributed by atoms with Crippen molar-refractivity contribution in [2.75, 3.05) is 16.4 Å². The second-order valence-corrected chi connectivity index (χ2v) is 8.35. The summed E-state index contributed by atoms with van der Waals surface area (Å²) in [5, 5.41) is 14.7. The Hall–Kier alpha value is -3.13. The van der Waals surface area contributed by atoms with Crippen LogP contribution in [-0.4, -0.2) is 32.3 Å². The van der Waals surface area contributed by atoms with Gasteiger partial charge in [0.1, 0.15) is 5.82 Å². The first-order valence-electron chi connectivity index (χ1n) is 10.1. The first-order valence-corrected chi connectivity index (χ1v) is 11.1. The topological polar surface area (TPSA) is 88.9 Å². The van der Waals surface area contributed by atoms with Gasteiger partial charge in [0.25, 0.3) is 0 Å². The Morgan fingerprint density at radius 2 is 1.71 bits per heavy atom. The van der Waals surface area contributed by atoms with Gasteiger partial charge in [-0.05, 0) is 55.2 Å². The van der Waals surface area contributed by atoms with Crippen LogP contribution in [0.15, 0.2) is 47.6 Å². The molecule has 2 aromatic carbocycles. The third-order valence-corrected chi connectivity index (χ3v) is 5.77. The predicted molar refractivity (Wildman–Crippen MR) is 124 cm³/mol. The highest BCUT2D eigenvalue weighted by molar-refractivity contribution is 7.99. The summed E-state index contributed by atoms with van der Waals surface area (Å²) >= 11 is 1.29. The van der Waals surface area contributed by atoms with Crippen LogP contribution in [0.25, 0.3) is 0 Å². The first-order chi connectivity index (χ1) is 14.9. The van der Waals surface area contributed by atoms with Crippen molar-refractivity contribution in [2.45, 2.75) is 38.8 Å². The fraction of sp³-hybridized carbons (Fsp3) is 0.304. The summed E-state index contributed by atoms with van der Waals surface area (Å²) in [5.41, 5.74) is 4.88. The van der Waals surface area contributed by atoms with Crippen LogP contribution in [0.4, 0.5) is 11.4 Å². The standard InChI is InChI=1S/C23H27N5O2S/c1-5-17-8-6-7-9-19(17)25-21(29)13-20-26-27-23(28(20)4)31-14-22(30)24-18-11-15(2)10-16(3)12-18/h6-12H,5,13-14H2,1-4H3,(H,24,30)(H,25,29). The maximum atomic E-state index is 12.5. The molecule has 0 bridgehead atoms. The summed E-state index contributed by atoms with van der Waals surface area (Å²) in [6.07, 6.45) is 0.947. The molecule has 0 fully saturated rings. The number of hydrogen-bond acceptors (Lipinski definition) is 5. The lowest BCUT2D eigenvalue weighted by Gasteiger charge is -2.09. The van der Waals surface area contributed by atoms with Gasteiger partial charge in [-0.3, -0.25) is 9.59 Å². The Labute approximate surface area is 186 Å². The molecule has 1 heterocycles. The Balaban J connectivity index is 1.56. The molecule has 3 rings (SSSR count). The molecule has 3 aromatic rings. The highest BCUT2D eigenvalue weighted by Crippen LogP contribution is 2.19. The quantitative estimate of drug-likeness (QED) is 0.522. The molecule has 0 saturated carbocycles. The van der Waals surface area contributed by atoms with Crippen molar-refractivity contribution in [1.29, 1.82) is 0 Å². The molecule has 162 valence electrons. The van der Waals surface area contributed by atoms with Crippen LogP contribution in [0.3, 0.4) is 0 Å². The van der Waals surface area contributed by atoms with Crippen LogP contribution in [0, 0.1) is 13.8 Å². The van der Waals surface area contributed by atoms with E-state index in [1.807, 2.05) is 57.2 Å². The number of aromatic nitrogens is 3. The second-order valence-electron chi connectivity index (χ2n) is 7.41. The number of anilines is 2. The number of aryl methyl sites for hydroxylation is 3. The van der Waals surface area contributed by atoms with Crippen molar-refractivity contribution in [3.05, 3.63) is 65.0 Å². The van der Waals surface area contributed by atoms with Crippen LogP contribution >= 0.6 is 11.8 Å². The molecule has 0 spiro atoms. The minimum Gasteiger partial charge on any atom is -0.325 e. The van der Waals surface area contributed by atoms with Crippen molar-refractivity contribution < 1.29 is 9.59 Å². The molecular formula is C23H27N5O2S. The molecule has 2 amide bonds. The van der Waals surface area contributed by atoms with Gasteiger partial charge in [0.05, 0.1) is 12.2 Å². The van der Waals surface area contributed by atoms with Crippen LogP contribution in [-0.2, 0) is 29.5 Å². The molecule has 8 heteroatoms. The molecule has 0 radical (unpaired) electrons. The van der Waals surface area contributed by atoms with Gasteiger partial charge in [-0.25, -0.2) is 0 Å². The molecule has 31 heavy (non-hydrogen) atoms. The number of rotatable bonds is 8. The number of nitrogens with one attached hydrogen (secondary N) is 2. The van der Waals surface area contributed by atoms with Gasteiger partial charge in [-0.1, -0.05) is 43.0 Å². The third-order valence-electron chi connectivity index (χ3n) is 4.75. The van der Waals surface area contributed by atoms with E-state index in [0.29, 0.717) is 11.0 Å². The van der Waals surface area contributed by atoms with Crippen molar-refractivity contribution in [2.24, 2.45) is 7.05 Å². The lowest BCUT2D eigenvalue weighted by atomic mass is 10.1. The molecular weight excluding hydrogens is 410 g/mol. The monoisotopic (exact) mass is 437 g/mol. The van der Waals surface area contributed by atoms with Gasteiger partial charge in [-0.15, -0.1) is 10.2 Å². The van der Waals surface area contributed by atoms with Crippen LogP contribution < -0.4 is 10.6 Å². The lowest BCUT2D eigenvalue weighted by Crippen LogP contribution is -2.18. The Morgan fingerprint density at radius 3 is 2.42 bits per heavy atom. The van der Waals surface area contributed by atoms with E-state index >= 15 is 0 Å². The van der Waals surface area contributed by atoms with E-state index in [0.717, 1.165) is 34.5 Å². The first kappa shape index (κ1) is 22.6. The highest BCUT2D eigenvalue weighted by atomic mass is 32.2. The number of hydrogen-bond donors (Lipinski definition) is 2. The van der Waals surface area contributed by atoms with Crippen molar-refractivity contribution in [1.82, 2.24) is 14.8 Å². The highest BCUT2D eigenvalue weighted by Gasteiger charge is 2.15. The average molecular weight is 438 g/mol. The average Bonchev–Trinajstić information content (AvgIpc) is 3.05. The van der Waals surface area contributed by atoms with Gasteiger partial charge in [0.15, 0.2) is 5.16 Å². The Bertz CT molecular complexity index is 1070. The fourth-order valence-corrected chi connectivity index (χ4v) is 4.02. The fourth-order valence-electron chi connectivity index (χ4n) is 3.29. The SMILES string of the molecule is CCc1ccccc1NC(=O)Cc1nnc(SCC(=O)Nc2cc(C)cc(C)c2)n1C. The normalized spacial score (nSPS) is 10.7. The van der Waals surface area contributed by atoms with Crippen LogP contribution in [0.5, 0.6) is 0 Å². The summed E-state index contributed by atoms with van der Waals surface area (Å²) < 4.78 is 1.75. The zero-order chi connectivity index (χ0) is 22.4. The number of thioether (sulfide) groups is 1. The Morgan fingerprint density at radius 1 is 1.00 bits per heavy atom. The van der Waals surface area contributed by atoms with E-state index < -0.39 is 0 Å². The zero-order valence-corrected chi connectivity index (χ0v) is 19.0. The minimum absolute atomic E-state index is 0.108. The van der Waals surface area contributed by atoms with Crippen LogP contribution in [0.1, 0.15) is 29.4 Å². The van der Waals surface area contributed by atoms with E-state index in [-0.39, 0.29) is 24.0 Å². The van der Waals surface area contributed by atoms with Gasteiger partial charge in [0, 0.05) is 18.4 Å². The summed E-state index contributed by atoms with van der Waals surface area (Å²) in [6.45, 7) is 6.04. The zero-order valence-electron chi connectivity index (χ0n) is 18.2. The molecule has 0 aliphatic rings. The summed E-state index contributed by atoms with van der Waals surface area (Å²) in [6, 6.07) is 13.7. The second kappa shape index (κ2) is 10.3. The molecule has 0 aliphatic heterocycles. The summed E-state index contributed by atoms with van der Waals surface area (Å²) in [7, 11) is 1.80. The van der Waals surface area contributed by atoms with Crippen molar-refractivity contribution in [3.63, 3.8) is 0 Å². The number of amides is 2. The van der Waals surface area contributed by atoms with Crippen LogP contribution in [0.2, 0.25) is 0 Å².